The van der Waals surface area contributed by atoms with Crippen LogP contribution in [0.5, 0.6) is 0 Å². The predicted octanol–water partition coefficient (Wildman–Crippen LogP) is 0.557. The van der Waals surface area contributed by atoms with Crippen LogP contribution in [0.15, 0.2) is 4.99 Å². The zero-order valence-corrected chi connectivity index (χ0v) is 8.32. The average molecular weight is 186 g/mol. The van der Waals surface area contributed by atoms with E-state index in [0.717, 1.165) is 19.4 Å². The van der Waals surface area contributed by atoms with E-state index in [4.69, 9.17) is 15.2 Å². The normalized spacial score (nSPS) is 30.5. The Bertz CT molecular complexity index is 182. The third-order valence-corrected chi connectivity index (χ3v) is 2.27. The fourth-order valence-electron chi connectivity index (χ4n) is 1.38. The third kappa shape index (κ3) is 2.97. The zero-order valence-electron chi connectivity index (χ0n) is 8.32. The van der Waals surface area contributed by atoms with Crippen LogP contribution in [-0.4, -0.2) is 38.3 Å². The molecule has 0 bridgehead atoms. The van der Waals surface area contributed by atoms with Crippen molar-refractivity contribution in [1.82, 2.24) is 0 Å². The van der Waals surface area contributed by atoms with Crippen LogP contribution >= 0.6 is 0 Å². The number of aliphatic imine (C=N–C) groups is 1. The summed E-state index contributed by atoms with van der Waals surface area (Å²) in [6.07, 6.45) is 1.77. The number of nitrogens with two attached hydrogens (primary N) is 1. The third-order valence-electron chi connectivity index (χ3n) is 2.27. The minimum Gasteiger partial charge on any atom is -0.387 e. The van der Waals surface area contributed by atoms with Crippen molar-refractivity contribution < 1.29 is 9.47 Å². The first-order valence-corrected chi connectivity index (χ1v) is 4.70. The standard InChI is InChI=1S/C9H18N2O2/c1-3-9(10)11-7-4-5-13-6-8(7)12-2/h7-8H,3-6H2,1-2H3,(H2,10,11). The molecule has 13 heavy (non-hydrogen) atoms. The van der Waals surface area contributed by atoms with Crippen LogP contribution < -0.4 is 5.73 Å². The molecule has 1 saturated heterocycles. The maximum Gasteiger partial charge on any atom is 0.103 e. The van der Waals surface area contributed by atoms with Crippen LogP contribution in [0.3, 0.4) is 0 Å². The van der Waals surface area contributed by atoms with Gasteiger partial charge in [-0.1, -0.05) is 6.92 Å². The van der Waals surface area contributed by atoms with Gasteiger partial charge in [-0.05, 0) is 6.42 Å². The first-order valence-electron chi connectivity index (χ1n) is 4.70. The smallest absolute Gasteiger partial charge is 0.103 e. The summed E-state index contributed by atoms with van der Waals surface area (Å²) >= 11 is 0. The molecule has 1 aliphatic rings. The first kappa shape index (κ1) is 10.5. The average Bonchev–Trinajstić information content (AvgIpc) is 2.18. The highest BCUT2D eigenvalue weighted by molar-refractivity contribution is 5.80. The van der Waals surface area contributed by atoms with Crippen molar-refractivity contribution in [2.45, 2.75) is 31.9 Å². The number of hydrogen-bond acceptors (Lipinski definition) is 3. The van der Waals surface area contributed by atoms with Gasteiger partial charge in [0.2, 0.25) is 0 Å². The minimum absolute atomic E-state index is 0.0684. The van der Waals surface area contributed by atoms with Crippen molar-refractivity contribution in [2.75, 3.05) is 20.3 Å². The summed E-state index contributed by atoms with van der Waals surface area (Å²) in [5.41, 5.74) is 5.67. The zero-order chi connectivity index (χ0) is 9.68. The Hall–Kier alpha value is -0.610. The van der Waals surface area contributed by atoms with E-state index in [0.29, 0.717) is 12.4 Å². The summed E-state index contributed by atoms with van der Waals surface area (Å²) in [6.45, 7) is 3.38. The maximum absolute atomic E-state index is 5.67. The van der Waals surface area contributed by atoms with Gasteiger partial charge in [0.15, 0.2) is 0 Å². The highest BCUT2D eigenvalue weighted by atomic mass is 16.5. The van der Waals surface area contributed by atoms with Crippen LogP contribution in [0.1, 0.15) is 19.8 Å². The topological polar surface area (TPSA) is 56.8 Å². The van der Waals surface area contributed by atoms with Gasteiger partial charge in [0, 0.05) is 20.1 Å². The van der Waals surface area contributed by atoms with Crippen LogP contribution in [0.25, 0.3) is 0 Å². The van der Waals surface area contributed by atoms with E-state index in [2.05, 4.69) is 4.99 Å². The van der Waals surface area contributed by atoms with Crippen LogP contribution in [0, 0.1) is 0 Å². The molecule has 4 heteroatoms. The van der Waals surface area contributed by atoms with E-state index in [1.165, 1.54) is 0 Å². The number of amidine groups is 1. The first-order chi connectivity index (χ1) is 6.27. The SMILES string of the molecule is CCC(N)=NC1CCOCC1OC. The second-order valence-electron chi connectivity index (χ2n) is 3.18. The molecule has 0 saturated carbocycles. The Balaban J connectivity index is 2.54. The molecule has 1 aliphatic heterocycles. The lowest BCUT2D eigenvalue weighted by atomic mass is 10.1. The van der Waals surface area contributed by atoms with Crippen LogP contribution in [-0.2, 0) is 9.47 Å². The minimum atomic E-state index is 0.0684. The fourth-order valence-corrected chi connectivity index (χ4v) is 1.38. The number of hydrogen-bond donors (Lipinski definition) is 1. The molecule has 2 unspecified atom stereocenters. The summed E-state index contributed by atoms with van der Waals surface area (Å²) in [5, 5.41) is 0. The van der Waals surface area contributed by atoms with Crippen molar-refractivity contribution >= 4 is 5.84 Å². The van der Waals surface area contributed by atoms with Crippen molar-refractivity contribution in [3.05, 3.63) is 0 Å². The Morgan fingerprint density at radius 1 is 1.69 bits per heavy atom. The molecule has 0 aromatic heterocycles. The quantitative estimate of drug-likeness (QED) is 0.517. The molecular weight excluding hydrogens is 168 g/mol. The van der Waals surface area contributed by atoms with Gasteiger partial charge in [0.05, 0.1) is 18.5 Å². The van der Waals surface area contributed by atoms with E-state index >= 15 is 0 Å². The number of methoxy groups -OCH3 is 1. The Morgan fingerprint density at radius 3 is 3.08 bits per heavy atom. The van der Waals surface area contributed by atoms with Crippen LogP contribution in [0.4, 0.5) is 0 Å². The molecule has 2 atom stereocenters. The Morgan fingerprint density at radius 2 is 2.46 bits per heavy atom. The molecule has 0 aliphatic carbocycles. The summed E-state index contributed by atoms with van der Waals surface area (Å²) in [5.74, 6) is 0.703. The molecule has 0 aromatic carbocycles. The molecule has 0 radical (unpaired) electrons. The van der Waals surface area contributed by atoms with Crippen molar-refractivity contribution in [2.24, 2.45) is 10.7 Å². The van der Waals surface area contributed by atoms with Crippen molar-refractivity contribution in [3.63, 3.8) is 0 Å². The predicted molar refractivity (Wildman–Crippen MR) is 51.9 cm³/mol. The number of rotatable bonds is 3. The molecule has 4 nitrogen and oxygen atoms in total. The molecule has 0 aromatic rings. The molecule has 0 amide bonds. The lowest BCUT2D eigenvalue weighted by Crippen LogP contribution is -2.38. The summed E-state index contributed by atoms with van der Waals surface area (Å²) in [7, 11) is 1.68. The van der Waals surface area contributed by atoms with Gasteiger partial charge in [0.25, 0.3) is 0 Å². The summed E-state index contributed by atoms with van der Waals surface area (Å²) in [4.78, 5) is 4.40. The van der Waals surface area contributed by atoms with Gasteiger partial charge < -0.3 is 15.2 Å². The Labute approximate surface area is 79.1 Å². The lowest BCUT2D eigenvalue weighted by molar-refractivity contribution is -0.0406. The largest absolute Gasteiger partial charge is 0.387 e. The molecule has 0 spiro atoms. The molecule has 1 heterocycles. The summed E-state index contributed by atoms with van der Waals surface area (Å²) in [6, 6.07) is 0.179. The molecule has 76 valence electrons. The van der Waals surface area contributed by atoms with E-state index in [1.54, 1.807) is 7.11 Å². The molecular formula is C9H18N2O2. The van der Waals surface area contributed by atoms with E-state index in [9.17, 15) is 0 Å². The highest BCUT2D eigenvalue weighted by Gasteiger charge is 2.24. The number of ether oxygens (including phenoxy) is 2. The van der Waals surface area contributed by atoms with E-state index in [-0.39, 0.29) is 12.1 Å². The van der Waals surface area contributed by atoms with Crippen molar-refractivity contribution in [1.29, 1.82) is 0 Å². The maximum atomic E-state index is 5.67. The molecule has 2 N–H and O–H groups in total. The van der Waals surface area contributed by atoms with E-state index in [1.807, 2.05) is 6.92 Å². The van der Waals surface area contributed by atoms with Gasteiger partial charge in [0.1, 0.15) is 6.10 Å². The highest BCUT2D eigenvalue weighted by Crippen LogP contribution is 2.14. The number of nitrogens with zero attached hydrogens (tertiary/aromatic N) is 1. The second kappa shape index (κ2) is 5.19. The fraction of sp³-hybridized carbons (Fsp3) is 0.889. The van der Waals surface area contributed by atoms with Gasteiger partial charge in [-0.15, -0.1) is 0 Å². The monoisotopic (exact) mass is 186 g/mol. The van der Waals surface area contributed by atoms with Gasteiger partial charge in [-0.2, -0.15) is 0 Å². The van der Waals surface area contributed by atoms with Gasteiger partial charge in [-0.25, -0.2) is 0 Å². The van der Waals surface area contributed by atoms with Gasteiger partial charge in [-0.3, -0.25) is 4.99 Å². The van der Waals surface area contributed by atoms with Crippen molar-refractivity contribution in [3.8, 4) is 0 Å². The summed E-state index contributed by atoms with van der Waals surface area (Å²) < 4.78 is 10.5. The van der Waals surface area contributed by atoms with Crippen LogP contribution in [0.2, 0.25) is 0 Å². The molecule has 1 fully saturated rings. The second-order valence-corrected chi connectivity index (χ2v) is 3.18. The Kier molecular flexibility index (Phi) is 4.18. The van der Waals surface area contributed by atoms with Gasteiger partial charge >= 0.3 is 0 Å². The lowest BCUT2D eigenvalue weighted by Gasteiger charge is -2.27. The molecule has 1 rings (SSSR count). The van der Waals surface area contributed by atoms with E-state index < -0.39 is 0 Å².